The molecule has 3 heterocycles. The number of nitrogens with zero attached hydrogens (tertiary/aromatic N) is 5. The van der Waals surface area contributed by atoms with Gasteiger partial charge >= 0.3 is 11.8 Å². The summed E-state index contributed by atoms with van der Waals surface area (Å²) in [5.74, 6) is -0.0124. The Kier molecular flexibility index (Phi) is 8.29. The third kappa shape index (κ3) is 6.35. The first-order chi connectivity index (χ1) is 17.0. The zero-order valence-electron chi connectivity index (χ0n) is 18.8. The van der Waals surface area contributed by atoms with Crippen molar-refractivity contribution >= 4 is 11.9 Å². The summed E-state index contributed by atoms with van der Waals surface area (Å²) >= 11 is 0. The molecular weight excluding hydrogens is 460 g/mol. The highest BCUT2D eigenvalue weighted by atomic mass is 16.7. The molecule has 2 aliphatic heterocycles. The number of amides is 1. The minimum atomic E-state index is -1.17. The number of nitrogens with one attached hydrogen (secondary N) is 1. The number of carbonyl (C=O) groups excluding carboxylic acids is 1. The molecule has 2 aromatic rings. The molecule has 2 aliphatic rings. The average Bonchev–Trinajstić information content (AvgIpc) is 3.17. The lowest BCUT2D eigenvalue weighted by Gasteiger charge is -2.29. The minimum absolute atomic E-state index is 0.0124. The second-order valence-electron chi connectivity index (χ2n) is 8.06. The normalized spacial score (nSPS) is 26.0. The molecule has 0 spiro atoms. The summed E-state index contributed by atoms with van der Waals surface area (Å²) in [4.78, 5) is 31.4. The van der Waals surface area contributed by atoms with Crippen molar-refractivity contribution in [1.82, 2.24) is 9.55 Å². The molecule has 0 radical (unpaired) electrons. The number of carbonyl (C=O) groups is 1. The van der Waals surface area contributed by atoms with Crippen molar-refractivity contribution < 1.29 is 28.8 Å². The van der Waals surface area contributed by atoms with E-state index in [1.165, 1.54) is 12.3 Å². The van der Waals surface area contributed by atoms with Gasteiger partial charge in [0, 0.05) is 17.7 Å². The third-order valence-electron chi connectivity index (χ3n) is 5.63. The van der Waals surface area contributed by atoms with Crippen LogP contribution in [0.15, 0.2) is 52.5 Å². The number of aromatic nitrogens is 2. The second-order valence-corrected chi connectivity index (χ2v) is 8.06. The number of aliphatic hydroxyl groups excluding tert-OH is 1. The molecular formula is C22H26N6O7. The average molecular weight is 486 g/mol. The number of rotatable bonds is 8. The first kappa shape index (κ1) is 24.6. The van der Waals surface area contributed by atoms with Gasteiger partial charge in [0.05, 0.1) is 12.6 Å². The van der Waals surface area contributed by atoms with E-state index in [0.717, 1.165) is 23.0 Å². The van der Waals surface area contributed by atoms with E-state index in [1.807, 2.05) is 30.3 Å². The molecule has 35 heavy (non-hydrogen) atoms. The number of azide groups is 1. The molecule has 5 atom stereocenters. The van der Waals surface area contributed by atoms with E-state index >= 15 is 0 Å². The van der Waals surface area contributed by atoms with E-state index in [-0.39, 0.29) is 19.0 Å². The summed E-state index contributed by atoms with van der Waals surface area (Å²) in [6.45, 7) is 0.449. The molecule has 2 saturated heterocycles. The molecule has 4 rings (SSSR count). The summed E-state index contributed by atoms with van der Waals surface area (Å²) < 4.78 is 23.7. The largest absolute Gasteiger partial charge is 0.444 e. The Labute approximate surface area is 200 Å². The Hall–Kier alpha value is -3.48. The van der Waals surface area contributed by atoms with Gasteiger partial charge in [0.25, 0.3) is 0 Å². The fourth-order valence-corrected chi connectivity index (χ4v) is 3.89. The number of benzene rings is 1. The van der Waals surface area contributed by atoms with Crippen LogP contribution in [0.4, 0.5) is 10.6 Å². The van der Waals surface area contributed by atoms with Gasteiger partial charge in [-0.3, -0.25) is 9.88 Å². The van der Waals surface area contributed by atoms with Crippen molar-refractivity contribution in [3.63, 3.8) is 0 Å². The van der Waals surface area contributed by atoms with E-state index in [0.29, 0.717) is 13.0 Å². The molecule has 1 unspecified atom stereocenters. The summed E-state index contributed by atoms with van der Waals surface area (Å²) in [6.07, 6.45) is -1.57. The molecule has 0 bridgehead atoms. The van der Waals surface area contributed by atoms with Crippen molar-refractivity contribution in [2.45, 2.75) is 56.7 Å². The molecule has 186 valence electrons. The quantitative estimate of drug-likeness (QED) is 0.325. The zero-order chi connectivity index (χ0) is 24.6. The summed E-state index contributed by atoms with van der Waals surface area (Å²) in [5, 5.41) is 16.6. The van der Waals surface area contributed by atoms with Gasteiger partial charge in [-0.1, -0.05) is 35.4 Å². The predicted molar refractivity (Wildman–Crippen MR) is 121 cm³/mol. The van der Waals surface area contributed by atoms with Crippen LogP contribution in [0.3, 0.4) is 0 Å². The fraction of sp³-hybridized carbons (Fsp3) is 0.500. The van der Waals surface area contributed by atoms with Gasteiger partial charge in [0.15, 0.2) is 12.5 Å². The Morgan fingerprint density at radius 2 is 2.14 bits per heavy atom. The molecule has 13 heteroatoms. The van der Waals surface area contributed by atoms with Crippen LogP contribution in [0, 0.1) is 0 Å². The van der Waals surface area contributed by atoms with Crippen molar-refractivity contribution in [2.75, 3.05) is 18.5 Å². The highest BCUT2D eigenvalue weighted by Crippen LogP contribution is 2.33. The summed E-state index contributed by atoms with van der Waals surface area (Å²) in [6, 6.07) is 10.5. The number of anilines is 1. The lowest BCUT2D eigenvalue weighted by molar-refractivity contribution is -0.215. The van der Waals surface area contributed by atoms with E-state index < -0.39 is 42.6 Å². The number of ether oxygens (including phenoxy) is 4. The molecule has 2 N–H and O–H groups in total. The van der Waals surface area contributed by atoms with Gasteiger partial charge in [-0.25, -0.2) is 9.59 Å². The summed E-state index contributed by atoms with van der Waals surface area (Å²) in [7, 11) is 0. The van der Waals surface area contributed by atoms with E-state index in [2.05, 4.69) is 20.3 Å². The van der Waals surface area contributed by atoms with Crippen LogP contribution in [0.2, 0.25) is 0 Å². The molecule has 13 nitrogen and oxygen atoms in total. The van der Waals surface area contributed by atoms with Gasteiger partial charge < -0.3 is 24.1 Å². The zero-order valence-corrected chi connectivity index (χ0v) is 18.8. The predicted octanol–water partition coefficient (Wildman–Crippen LogP) is 2.47. The Balaban J connectivity index is 1.45. The number of hydrogen-bond donors (Lipinski definition) is 2. The lowest BCUT2D eigenvalue weighted by Crippen LogP contribution is -2.41. The van der Waals surface area contributed by atoms with E-state index in [4.69, 9.17) is 24.5 Å². The Bertz CT molecular complexity index is 1100. The molecule has 1 amide bonds. The van der Waals surface area contributed by atoms with Crippen molar-refractivity contribution in [2.24, 2.45) is 5.11 Å². The van der Waals surface area contributed by atoms with Gasteiger partial charge in [0.1, 0.15) is 24.6 Å². The maximum absolute atomic E-state index is 12.8. The Morgan fingerprint density at radius 1 is 1.31 bits per heavy atom. The molecule has 1 aromatic carbocycles. The van der Waals surface area contributed by atoms with Crippen LogP contribution in [-0.4, -0.2) is 58.5 Å². The lowest BCUT2D eigenvalue weighted by atomic mass is 10.1. The monoisotopic (exact) mass is 486 g/mol. The standard InChI is InChI=1S/C22H26N6O7/c23-27-24-12-15-18(29)19(35-17-8-4-5-11-32-17)20(34-15)28-10-9-16(25-21(28)30)26-22(31)33-13-14-6-2-1-3-7-14/h1-3,6-7,9-10,15,17-20,29H,4-5,8,11-13H2,(H,25,26,30,31)/t15-,17?,18-,19-,20-/m1/s1. The van der Waals surface area contributed by atoms with Crippen LogP contribution >= 0.6 is 0 Å². The number of hydrogen-bond acceptors (Lipinski definition) is 9. The van der Waals surface area contributed by atoms with Gasteiger partial charge in [-0.05, 0) is 36.4 Å². The van der Waals surface area contributed by atoms with Crippen molar-refractivity contribution in [3.05, 3.63) is 69.1 Å². The number of aliphatic hydroxyl groups is 1. The molecule has 0 aliphatic carbocycles. The summed E-state index contributed by atoms with van der Waals surface area (Å²) in [5.41, 5.74) is 8.70. The third-order valence-corrected chi connectivity index (χ3v) is 5.63. The maximum Gasteiger partial charge on any atom is 0.413 e. The molecule has 2 fully saturated rings. The van der Waals surface area contributed by atoms with Crippen LogP contribution in [0.1, 0.15) is 31.1 Å². The van der Waals surface area contributed by atoms with Crippen molar-refractivity contribution in [1.29, 1.82) is 0 Å². The topological polar surface area (TPSA) is 170 Å². The van der Waals surface area contributed by atoms with Crippen molar-refractivity contribution in [3.8, 4) is 0 Å². The van der Waals surface area contributed by atoms with Crippen LogP contribution in [0.25, 0.3) is 10.4 Å². The molecule has 1 aromatic heterocycles. The van der Waals surface area contributed by atoms with Crippen LogP contribution in [-0.2, 0) is 25.6 Å². The Morgan fingerprint density at radius 3 is 2.86 bits per heavy atom. The second kappa shape index (κ2) is 11.8. The highest BCUT2D eigenvalue weighted by molar-refractivity contribution is 5.83. The van der Waals surface area contributed by atoms with Crippen LogP contribution < -0.4 is 11.0 Å². The van der Waals surface area contributed by atoms with E-state index in [9.17, 15) is 14.7 Å². The van der Waals surface area contributed by atoms with Gasteiger partial charge in [-0.15, -0.1) is 0 Å². The first-order valence-electron chi connectivity index (χ1n) is 11.2. The SMILES string of the molecule is [N-]=[N+]=NC[C@H]1O[C@@H](n2ccc(NC(=O)OCc3ccccc3)nc2=O)[C@H](OC2CCCCO2)[C@@H]1O. The smallest absolute Gasteiger partial charge is 0.413 e. The van der Waals surface area contributed by atoms with Gasteiger partial charge in [0.2, 0.25) is 0 Å². The van der Waals surface area contributed by atoms with E-state index in [1.54, 1.807) is 0 Å². The maximum atomic E-state index is 12.8. The fourth-order valence-electron chi connectivity index (χ4n) is 3.89. The molecule has 0 saturated carbocycles. The first-order valence-corrected chi connectivity index (χ1v) is 11.2. The van der Waals surface area contributed by atoms with Crippen LogP contribution in [0.5, 0.6) is 0 Å². The minimum Gasteiger partial charge on any atom is -0.444 e. The highest BCUT2D eigenvalue weighted by Gasteiger charge is 2.47. The van der Waals surface area contributed by atoms with Gasteiger partial charge in [-0.2, -0.15) is 4.98 Å².